The molecule has 0 saturated carbocycles. The van der Waals surface area contributed by atoms with E-state index in [2.05, 4.69) is 11.9 Å². The number of hydrogen-bond acceptors (Lipinski definition) is 2. The van der Waals surface area contributed by atoms with E-state index in [9.17, 15) is 4.39 Å². The summed E-state index contributed by atoms with van der Waals surface area (Å²) in [6.07, 6.45) is 2.01. The number of hydrogen-bond donors (Lipinski definition) is 1. The third-order valence-corrected chi connectivity index (χ3v) is 4.70. The summed E-state index contributed by atoms with van der Waals surface area (Å²) in [5, 5.41) is 0.111. The Morgan fingerprint density at radius 3 is 2.85 bits per heavy atom. The van der Waals surface area contributed by atoms with Crippen LogP contribution in [0.4, 0.5) is 4.39 Å². The predicted molar refractivity (Wildman–Crippen MR) is 80.3 cm³/mol. The number of ether oxygens (including phenoxy) is 1. The monoisotopic (exact) mass is 314 g/mol. The molecule has 1 aromatic carbocycles. The zero-order valence-corrected chi connectivity index (χ0v) is 12.7. The van der Waals surface area contributed by atoms with Crippen LogP contribution in [0.5, 0.6) is 0 Å². The van der Waals surface area contributed by atoms with Crippen molar-refractivity contribution in [2.75, 3.05) is 13.2 Å². The summed E-state index contributed by atoms with van der Waals surface area (Å²) in [5.41, 5.74) is 1.55. The number of H-pyrrole nitrogens is 1. The lowest BCUT2D eigenvalue weighted by molar-refractivity contribution is 0.0517. The zero-order chi connectivity index (χ0) is 14.3. The van der Waals surface area contributed by atoms with Crippen LogP contribution in [-0.4, -0.2) is 22.8 Å². The lowest BCUT2D eigenvalue weighted by Gasteiger charge is -2.29. The maximum absolute atomic E-state index is 13.7. The molecule has 6 heteroatoms. The van der Waals surface area contributed by atoms with Crippen LogP contribution >= 0.6 is 23.8 Å². The molecular formula is C14H16ClFN2OS. The number of halogens is 2. The molecule has 3 rings (SSSR count). The highest BCUT2D eigenvalue weighted by atomic mass is 35.5. The minimum atomic E-state index is -0.416. The third kappa shape index (κ3) is 2.38. The highest BCUT2D eigenvalue weighted by molar-refractivity contribution is 7.71. The molecule has 2 aromatic rings. The summed E-state index contributed by atoms with van der Waals surface area (Å²) in [5.74, 6) is 0.0780. The van der Waals surface area contributed by atoms with Gasteiger partial charge < -0.3 is 14.3 Å². The Bertz CT molecular complexity index is 690. The van der Waals surface area contributed by atoms with Crippen molar-refractivity contribution >= 4 is 34.9 Å². The fraction of sp³-hybridized carbons (Fsp3) is 0.500. The van der Waals surface area contributed by atoms with Gasteiger partial charge in [-0.05, 0) is 44.0 Å². The molecule has 0 radical (unpaired) electrons. The van der Waals surface area contributed by atoms with Crippen LogP contribution in [0.1, 0.15) is 25.8 Å². The highest BCUT2D eigenvalue weighted by Gasteiger charge is 2.24. The Kier molecular flexibility index (Phi) is 3.84. The topological polar surface area (TPSA) is 29.9 Å². The van der Waals surface area contributed by atoms with Gasteiger partial charge in [0.05, 0.1) is 16.1 Å². The summed E-state index contributed by atoms with van der Waals surface area (Å²) < 4.78 is 21.7. The molecule has 108 valence electrons. The van der Waals surface area contributed by atoms with Crippen LogP contribution in [0.15, 0.2) is 12.1 Å². The van der Waals surface area contributed by atoms with Crippen LogP contribution in [-0.2, 0) is 4.74 Å². The molecule has 1 aromatic heterocycles. The Balaban J connectivity index is 2.08. The maximum atomic E-state index is 13.7. The lowest BCUT2D eigenvalue weighted by Crippen LogP contribution is -2.24. The van der Waals surface area contributed by atoms with E-state index < -0.39 is 5.82 Å². The van der Waals surface area contributed by atoms with E-state index in [0.717, 1.165) is 37.1 Å². The smallest absolute Gasteiger partial charge is 0.178 e. The number of imidazole rings is 1. The predicted octanol–water partition coefficient (Wildman–Crippen LogP) is 4.48. The third-order valence-electron chi connectivity index (χ3n) is 4.11. The molecule has 0 aliphatic carbocycles. The summed E-state index contributed by atoms with van der Waals surface area (Å²) in [6.45, 7) is 3.70. The molecule has 1 fully saturated rings. The zero-order valence-electron chi connectivity index (χ0n) is 11.2. The van der Waals surface area contributed by atoms with Crippen molar-refractivity contribution in [3.8, 4) is 0 Å². The Morgan fingerprint density at radius 2 is 2.15 bits per heavy atom. The number of nitrogens with one attached hydrogen (secondary N) is 1. The van der Waals surface area contributed by atoms with E-state index in [-0.39, 0.29) is 11.1 Å². The Hall–Kier alpha value is -0.910. The van der Waals surface area contributed by atoms with Gasteiger partial charge in [-0.3, -0.25) is 0 Å². The average molecular weight is 315 g/mol. The van der Waals surface area contributed by atoms with Crippen molar-refractivity contribution in [2.45, 2.75) is 25.8 Å². The number of fused-ring (bicyclic) bond motifs is 1. The highest BCUT2D eigenvalue weighted by Crippen LogP contribution is 2.32. The first kappa shape index (κ1) is 14.0. The van der Waals surface area contributed by atoms with E-state index in [0.29, 0.717) is 10.7 Å². The number of aromatic nitrogens is 2. The number of aromatic amines is 1. The largest absolute Gasteiger partial charge is 0.381 e. The van der Waals surface area contributed by atoms with Crippen molar-refractivity contribution in [3.05, 3.63) is 27.7 Å². The van der Waals surface area contributed by atoms with E-state index >= 15 is 0 Å². The average Bonchev–Trinajstić information content (AvgIpc) is 2.75. The van der Waals surface area contributed by atoms with E-state index in [4.69, 9.17) is 28.6 Å². The molecule has 0 spiro atoms. The fourth-order valence-corrected chi connectivity index (χ4v) is 3.47. The Morgan fingerprint density at radius 1 is 1.45 bits per heavy atom. The van der Waals surface area contributed by atoms with Crippen LogP contribution in [0.2, 0.25) is 5.02 Å². The molecule has 1 unspecified atom stereocenters. The molecular weight excluding hydrogens is 299 g/mol. The molecule has 1 N–H and O–H groups in total. The molecule has 0 amide bonds. The van der Waals surface area contributed by atoms with Gasteiger partial charge >= 0.3 is 0 Å². The van der Waals surface area contributed by atoms with Gasteiger partial charge in [0.2, 0.25) is 0 Å². The summed E-state index contributed by atoms with van der Waals surface area (Å²) in [7, 11) is 0. The van der Waals surface area contributed by atoms with Gasteiger partial charge in [-0.1, -0.05) is 11.6 Å². The summed E-state index contributed by atoms with van der Waals surface area (Å²) in [6, 6.07) is 3.26. The molecule has 1 atom stereocenters. The first-order valence-electron chi connectivity index (χ1n) is 6.75. The van der Waals surface area contributed by atoms with Gasteiger partial charge in [-0.15, -0.1) is 0 Å². The van der Waals surface area contributed by atoms with E-state index in [1.165, 1.54) is 6.07 Å². The first-order chi connectivity index (χ1) is 9.58. The number of rotatable bonds is 2. The van der Waals surface area contributed by atoms with Crippen molar-refractivity contribution in [1.82, 2.24) is 9.55 Å². The molecule has 1 aliphatic rings. The van der Waals surface area contributed by atoms with Gasteiger partial charge in [0.1, 0.15) is 5.82 Å². The van der Waals surface area contributed by atoms with Crippen molar-refractivity contribution in [3.63, 3.8) is 0 Å². The van der Waals surface area contributed by atoms with Gasteiger partial charge in [0.25, 0.3) is 0 Å². The maximum Gasteiger partial charge on any atom is 0.178 e. The first-order valence-corrected chi connectivity index (χ1v) is 7.53. The second kappa shape index (κ2) is 5.47. The van der Waals surface area contributed by atoms with Crippen molar-refractivity contribution in [2.24, 2.45) is 5.92 Å². The normalized spacial score (nSPS) is 18.6. The molecule has 3 nitrogen and oxygen atoms in total. The van der Waals surface area contributed by atoms with Crippen molar-refractivity contribution in [1.29, 1.82) is 0 Å². The quantitative estimate of drug-likeness (QED) is 0.828. The summed E-state index contributed by atoms with van der Waals surface area (Å²) >= 11 is 11.2. The van der Waals surface area contributed by atoms with Gasteiger partial charge in [-0.2, -0.15) is 0 Å². The molecule has 1 saturated heterocycles. The number of benzene rings is 1. The summed E-state index contributed by atoms with van der Waals surface area (Å²) in [4.78, 5) is 3.11. The molecule has 2 heterocycles. The van der Waals surface area contributed by atoms with Gasteiger partial charge in [0.15, 0.2) is 4.77 Å². The SMILES string of the molecule is CC(C1CCOCC1)n1c(=S)[nH]c2cc(Cl)c(F)cc21. The second-order valence-electron chi connectivity index (χ2n) is 5.27. The van der Waals surface area contributed by atoms with E-state index in [1.807, 2.05) is 4.57 Å². The molecule has 0 bridgehead atoms. The van der Waals surface area contributed by atoms with Crippen LogP contribution in [0.3, 0.4) is 0 Å². The molecule has 1 aliphatic heterocycles. The lowest BCUT2D eigenvalue weighted by atomic mass is 9.92. The minimum Gasteiger partial charge on any atom is -0.381 e. The minimum absolute atomic E-state index is 0.111. The fourth-order valence-electron chi connectivity index (χ4n) is 2.93. The van der Waals surface area contributed by atoms with Gasteiger partial charge in [-0.25, -0.2) is 4.39 Å². The standard InChI is InChI=1S/C14H16ClFN2OS/c1-8(9-2-4-19-5-3-9)18-13-7-11(16)10(15)6-12(13)17-14(18)20/h6-9H,2-5H2,1H3,(H,17,20). The molecule has 20 heavy (non-hydrogen) atoms. The Labute approximate surface area is 126 Å². The van der Waals surface area contributed by atoms with E-state index in [1.54, 1.807) is 6.07 Å². The van der Waals surface area contributed by atoms with Crippen molar-refractivity contribution < 1.29 is 9.13 Å². The number of nitrogens with zero attached hydrogens (tertiary/aromatic N) is 1. The second-order valence-corrected chi connectivity index (χ2v) is 6.07. The van der Waals surface area contributed by atoms with Crippen LogP contribution in [0, 0.1) is 16.5 Å². The van der Waals surface area contributed by atoms with Crippen LogP contribution in [0.25, 0.3) is 11.0 Å². The van der Waals surface area contributed by atoms with Gasteiger partial charge in [0, 0.05) is 25.3 Å². The van der Waals surface area contributed by atoms with Crippen LogP contribution < -0.4 is 0 Å².